The Morgan fingerprint density at radius 2 is 1.95 bits per heavy atom. The van der Waals surface area contributed by atoms with Crippen LogP contribution in [0, 0.1) is 5.41 Å². The van der Waals surface area contributed by atoms with Crippen molar-refractivity contribution < 1.29 is 8.42 Å². The van der Waals surface area contributed by atoms with Crippen molar-refractivity contribution in [2.75, 3.05) is 6.54 Å². The number of rotatable bonds is 7. The van der Waals surface area contributed by atoms with Gasteiger partial charge in [-0.25, -0.2) is 13.1 Å². The third-order valence-electron chi connectivity index (χ3n) is 2.89. The van der Waals surface area contributed by atoms with E-state index >= 15 is 0 Å². The average molecular weight is 301 g/mol. The zero-order valence-corrected chi connectivity index (χ0v) is 13.9. The Morgan fingerprint density at radius 3 is 2.50 bits per heavy atom. The van der Waals surface area contributed by atoms with Crippen LogP contribution in [0.4, 0.5) is 0 Å². The monoisotopic (exact) mass is 301 g/mol. The summed E-state index contributed by atoms with van der Waals surface area (Å²) in [5.41, 5.74) is 0.988. The van der Waals surface area contributed by atoms with E-state index in [1.54, 1.807) is 6.07 Å². The minimum absolute atomic E-state index is 0.118. The van der Waals surface area contributed by atoms with Crippen molar-refractivity contribution in [3.8, 4) is 0 Å². The molecule has 5 nitrogen and oxygen atoms in total. The number of hydrogen-bond acceptors (Lipinski definition) is 3. The molecule has 0 saturated heterocycles. The molecule has 0 atom stereocenters. The Balaban J connectivity index is 2.59. The normalized spacial score (nSPS) is 13.1. The van der Waals surface area contributed by atoms with E-state index in [0.717, 1.165) is 12.1 Å². The summed E-state index contributed by atoms with van der Waals surface area (Å²) in [5, 5.41) is 3.24. The molecular formula is C14H27N3O2S. The molecule has 6 heteroatoms. The molecule has 0 spiro atoms. The smallest absolute Gasteiger partial charge is 0.242 e. The first kappa shape index (κ1) is 17.2. The van der Waals surface area contributed by atoms with E-state index in [1.165, 1.54) is 6.20 Å². The first-order chi connectivity index (χ1) is 9.10. The zero-order valence-electron chi connectivity index (χ0n) is 13.1. The van der Waals surface area contributed by atoms with Crippen LogP contribution < -0.4 is 10.0 Å². The molecular weight excluding hydrogens is 274 g/mol. The summed E-state index contributed by atoms with van der Waals surface area (Å²) in [6.07, 6.45) is 2.34. The van der Waals surface area contributed by atoms with Crippen LogP contribution in [0.15, 0.2) is 17.2 Å². The van der Waals surface area contributed by atoms with E-state index in [9.17, 15) is 8.42 Å². The van der Waals surface area contributed by atoms with Gasteiger partial charge in [0.25, 0.3) is 0 Å². The Bertz CT molecular complexity index is 513. The van der Waals surface area contributed by atoms with Crippen molar-refractivity contribution in [1.82, 2.24) is 15.0 Å². The van der Waals surface area contributed by atoms with E-state index in [0.29, 0.717) is 24.0 Å². The number of aromatic amines is 1. The molecule has 0 unspecified atom stereocenters. The molecule has 0 aromatic carbocycles. The minimum atomic E-state index is -3.41. The third-order valence-corrected chi connectivity index (χ3v) is 4.33. The summed E-state index contributed by atoms with van der Waals surface area (Å²) in [4.78, 5) is 3.29. The third kappa shape index (κ3) is 6.07. The molecule has 0 aliphatic rings. The van der Waals surface area contributed by atoms with Gasteiger partial charge < -0.3 is 10.3 Å². The highest BCUT2D eigenvalue weighted by atomic mass is 32.2. The lowest BCUT2D eigenvalue weighted by molar-refractivity contribution is 0.378. The van der Waals surface area contributed by atoms with Crippen LogP contribution >= 0.6 is 0 Å². The van der Waals surface area contributed by atoms with Crippen LogP contribution in [-0.2, 0) is 16.6 Å². The Morgan fingerprint density at radius 1 is 1.30 bits per heavy atom. The molecule has 0 amide bonds. The van der Waals surface area contributed by atoms with Crippen LogP contribution in [0.3, 0.4) is 0 Å². The van der Waals surface area contributed by atoms with Gasteiger partial charge in [0.1, 0.15) is 0 Å². The number of sulfonamides is 1. The summed E-state index contributed by atoms with van der Waals surface area (Å²) in [6.45, 7) is 11.5. The number of nitrogens with one attached hydrogen (secondary N) is 3. The first-order valence-corrected chi connectivity index (χ1v) is 8.49. The molecule has 0 bridgehead atoms. The fraction of sp³-hybridized carbons (Fsp3) is 0.714. The highest BCUT2D eigenvalue weighted by Gasteiger charge is 2.17. The second kappa shape index (κ2) is 6.74. The van der Waals surface area contributed by atoms with Crippen molar-refractivity contribution in [1.29, 1.82) is 0 Å². The van der Waals surface area contributed by atoms with Crippen molar-refractivity contribution >= 4 is 10.0 Å². The predicted molar refractivity (Wildman–Crippen MR) is 82.0 cm³/mol. The number of aromatic nitrogens is 1. The Hall–Kier alpha value is -0.850. The van der Waals surface area contributed by atoms with Gasteiger partial charge in [0.2, 0.25) is 10.0 Å². The fourth-order valence-electron chi connectivity index (χ4n) is 1.63. The standard InChI is InChI=1S/C14H27N3O2S/c1-11(2)15-9-12-8-13(10-16-12)20(18,19)17-7-6-14(3,4)5/h8,10-11,15-17H,6-7,9H2,1-5H3. The average Bonchev–Trinajstić information content (AvgIpc) is 2.73. The van der Waals surface area contributed by atoms with Gasteiger partial charge in [0.15, 0.2) is 0 Å². The minimum Gasteiger partial charge on any atom is -0.363 e. The van der Waals surface area contributed by atoms with Crippen LogP contribution in [0.2, 0.25) is 0 Å². The fourth-order valence-corrected chi connectivity index (χ4v) is 2.68. The van der Waals surface area contributed by atoms with Crippen LogP contribution in [0.1, 0.15) is 46.7 Å². The molecule has 20 heavy (non-hydrogen) atoms. The van der Waals surface area contributed by atoms with Gasteiger partial charge in [-0.2, -0.15) is 0 Å². The Kier molecular flexibility index (Phi) is 5.79. The summed E-state index contributed by atoms with van der Waals surface area (Å²) < 4.78 is 26.9. The van der Waals surface area contributed by atoms with Crippen molar-refractivity contribution in [2.24, 2.45) is 5.41 Å². The van der Waals surface area contributed by atoms with Gasteiger partial charge in [-0.05, 0) is 17.9 Å². The van der Waals surface area contributed by atoms with E-state index < -0.39 is 10.0 Å². The molecule has 3 N–H and O–H groups in total. The van der Waals surface area contributed by atoms with Gasteiger partial charge in [-0.15, -0.1) is 0 Å². The highest BCUT2D eigenvalue weighted by molar-refractivity contribution is 7.89. The van der Waals surface area contributed by atoms with Crippen molar-refractivity contribution in [3.63, 3.8) is 0 Å². The molecule has 0 saturated carbocycles. The highest BCUT2D eigenvalue weighted by Crippen LogP contribution is 2.18. The molecule has 1 rings (SSSR count). The van der Waals surface area contributed by atoms with Gasteiger partial charge in [-0.3, -0.25) is 0 Å². The topological polar surface area (TPSA) is 74.0 Å². The largest absolute Gasteiger partial charge is 0.363 e. The zero-order chi connectivity index (χ0) is 15.4. The lowest BCUT2D eigenvalue weighted by Crippen LogP contribution is -2.27. The van der Waals surface area contributed by atoms with Crippen LogP contribution in [0.5, 0.6) is 0 Å². The van der Waals surface area contributed by atoms with Gasteiger partial charge in [0.05, 0.1) is 4.90 Å². The molecule has 0 fully saturated rings. The van der Waals surface area contributed by atoms with E-state index in [1.807, 2.05) is 0 Å². The molecule has 1 heterocycles. The summed E-state index contributed by atoms with van der Waals surface area (Å²) >= 11 is 0. The molecule has 116 valence electrons. The lowest BCUT2D eigenvalue weighted by Gasteiger charge is -2.17. The van der Waals surface area contributed by atoms with Gasteiger partial charge >= 0.3 is 0 Å². The molecule has 1 aromatic heterocycles. The number of H-pyrrole nitrogens is 1. The van der Waals surface area contributed by atoms with E-state index in [2.05, 4.69) is 49.6 Å². The predicted octanol–water partition coefficient (Wildman–Crippen LogP) is 2.23. The second-order valence-corrected chi connectivity index (χ2v) is 8.37. The summed E-state index contributed by atoms with van der Waals surface area (Å²) in [6, 6.07) is 2.04. The molecule has 0 radical (unpaired) electrons. The van der Waals surface area contributed by atoms with Crippen molar-refractivity contribution in [2.45, 2.75) is 58.5 Å². The maximum Gasteiger partial charge on any atom is 0.242 e. The van der Waals surface area contributed by atoms with E-state index in [-0.39, 0.29) is 5.41 Å². The SMILES string of the molecule is CC(C)NCc1cc(S(=O)(=O)NCCC(C)(C)C)c[nH]1. The molecule has 0 aliphatic carbocycles. The second-order valence-electron chi connectivity index (χ2n) is 6.60. The van der Waals surface area contributed by atoms with E-state index in [4.69, 9.17) is 0 Å². The molecule has 1 aromatic rings. The number of hydrogen-bond donors (Lipinski definition) is 3. The van der Waals surface area contributed by atoms with Crippen LogP contribution in [0.25, 0.3) is 0 Å². The first-order valence-electron chi connectivity index (χ1n) is 7.00. The van der Waals surface area contributed by atoms with Crippen LogP contribution in [-0.4, -0.2) is 26.0 Å². The van der Waals surface area contributed by atoms with Gasteiger partial charge in [-0.1, -0.05) is 34.6 Å². The summed E-state index contributed by atoms with van der Waals surface area (Å²) in [5.74, 6) is 0. The maximum atomic E-state index is 12.1. The lowest BCUT2D eigenvalue weighted by atomic mass is 9.93. The summed E-state index contributed by atoms with van der Waals surface area (Å²) in [7, 11) is -3.41. The maximum absolute atomic E-state index is 12.1. The quantitative estimate of drug-likeness (QED) is 0.723. The molecule has 0 aliphatic heterocycles. The van der Waals surface area contributed by atoms with Gasteiger partial charge in [0, 0.05) is 31.0 Å². The Labute approximate surface area is 122 Å². The van der Waals surface area contributed by atoms with Crippen molar-refractivity contribution in [3.05, 3.63) is 18.0 Å².